The largest absolute Gasteiger partial charge is 0.495 e. The molecule has 1 fully saturated rings. The van der Waals surface area contributed by atoms with E-state index in [-0.39, 0.29) is 30.5 Å². The van der Waals surface area contributed by atoms with Crippen molar-refractivity contribution in [3.05, 3.63) is 48.0 Å². The van der Waals surface area contributed by atoms with Crippen molar-refractivity contribution in [3.8, 4) is 17.2 Å². The molecule has 0 aromatic heterocycles. The number of morpholine rings is 1. The van der Waals surface area contributed by atoms with Crippen molar-refractivity contribution in [3.63, 3.8) is 0 Å². The Hall–Kier alpha value is -3.08. The van der Waals surface area contributed by atoms with Crippen molar-refractivity contribution >= 4 is 27.7 Å². The van der Waals surface area contributed by atoms with E-state index in [0.29, 0.717) is 30.5 Å². The van der Waals surface area contributed by atoms with Crippen LogP contribution >= 0.6 is 0 Å². The normalized spacial score (nSPS) is 16.4. The first kappa shape index (κ1) is 21.2. The standard InChI is InChI=1S/C21H22N2O7S/c1-27-18-6-4-16(31(25,26)23-8-10-28-11-9-23)13-17(18)22-21(24)7-3-15-2-5-19-20(12-15)30-14-29-19/h2-7,12-13H,8-11,14H2,1H3,(H,22,24)/b7-3+. The summed E-state index contributed by atoms with van der Waals surface area (Å²) in [4.78, 5) is 12.5. The first-order valence-electron chi connectivity index (χ1n) is 9.62. The quantitative estimate of drug-likeness (QED) is 0.678. The summed E-state index contributed by atoms with van der Waals surface area (Å²) in [6.07, 6.45) is 2.97. The van der Waals surface area contributed by atoms with E-state index in [0.717, 1.165) is 5.56 Å². The lowest BCUT2D eigenvalue weighted by Crippen LogP contribution is -2.40. The average molecular weight is 446 g/mol. The topological polar surface area (TPSA) is 103 Å². The highest BCUT2D eigenvalue weighted by molar-refractivity contribution is 7.89. The van der Waals surface area contributed by atoms with Gasteiger partial charge < -0.3 is 24.3 Å². The lowest BCUT2D eigenvalue weighted by Gasteiger charge is -2.26. The highest BCUT2D eigenvalue weighted by Gasteiger charge is 2.27. The number of hydrogen-bond acceptors (Lipinski definition) is 7. The number of nitrogens with zero attached hydrogens (tertiary/aromatic N) is 1. The molecule has 10 heteroatoms. The molecule has 0 aliphatic carbocycles. The van der Waals surface area contributed by atoms with Gasteiger partial charge in [-0.05, 0) is 42.0 Å². The summed E-state index contributed by atoms with van der Waals surface area (Å²) in [5.41, 5.74) is 1.02. The summed E-state index contributed by atoms with van der Waals surface area (Å²) in [5.74, 6) is 1.19. The van der Waals surface area contributed by atoms with Crippen LogP contribution in [0.5, 0.6) is 17.2 Å². The van der Waals surface area contributed by atoms with Gasteiger partial charge in [0.05, 0.1) is 30.9 Å². The van der Waals surface area contributed by atoms with Crippen LogP contribution in [0.1, 0.15) is 5.56 Å². The molecule has 2 aromatic rings. The number of amides is 1. The maximum absolute atomic E-state index is 12.9. The third kappa shape index (κ3) is 4.66. The molecule has 0 atom stereocenters. The van der Waals surface area contributed by atoms with Gasteiger partial charge in [0.2, 0.25) is 22.7 Å². The average Bonchev–Trinajstić information content (AvgIpc) is 3.26. The lowest BCUT2D eigenvalue weighted by molar-refractivity contribution is -0.111. The minimum absolute atomic E-state index is 0.0743. The van der Waals surface area contributed by atoms with Crippen LogP contribution in [0.3, 0.4) is 0 Å². The molecular weight excluding hydrogens is 424 g/mol. The monoisotopic (exact) mass is 446 g/mol. The molecule has 1 amide bonds. The second-order valence-corrected chi connectivity index (χ2v) is 8.75. The van der Waals surface area contributed by atoms with Gasteiger partial charge in [0.15, 0.2) is 11.5 Å². The molecule has 0 bridgehead atoms. The third-order valence-corrected chi connectivity index (χ3v) is 6.76. The minimum Gasteiger partial charge on any atom is -0.495 e. The molecule has 1 N–H and O–H groups in total. The Bertz CT molecular complexity index is 1110. The second kappa shape index (κ2) is 8.96. The van der Waals surface area contributed by atoms with Crippen LogP contribution in [0.2, 0.25) is 0 Å². The second-order valence-electron chi connectivity index (χ2n) is 6.81. The zero-order chi connectivity index (χ0) is 21.8. The Kier molecular flexibility index (Phi) is 6.12. The molecule has 4 rings (SSSR count). The Morgan fingerprint density at radius 1 is 1.10 bits per heavy atom. The van der Waals surface area contributed by atoms with Crippen molar-refractivity contribution in [2.24, 2.45) is 0 Å². The van der Waals surface area contributed by atoms with Gasteiger partial charge in [-0.3, -0.25) is 4.79 Å². The highest BCUT2D eigenvalue weighted by Crippen LogP contribution is 2.33. The van der Waals surface area contributed by atoms with Crippen molar-refractivity contribution in [1.82, 2.24) is 4.31 Å². The predicted octanol–water partition coefficient (Wildman–Crippen LogP) is 2.10. The van der Waals surface area contributed by atoms with Crippen LogP contribution in [-0.4, -0.2) is 58.8 Å². The van der Waals surface area contributed by atoms with Crippen molar-refractivity contribution in [2.75, 3.05) is 45.5 Å². The number of sulfonamides is 1. The number of nitrogens with one attached hydrogen (secondary N) is 1. The van der Waals surface area contributed by atoms with E-state index in [1.54, 1.807) is 24.3 Å². The molecule has 2 aliphatic heterocycles. The molecule has 2 aliphatic rings. The first-order chi connectivity index (χ1) is 15.0. The number of methoxy groups -OCH3 is 1. The number of carbonyl (C=O) groups is 1. The van der Waals surface area contributed by atoms with E-state index in [2.05, 4.69) is 5.32 Å². The third-order valence-electron chi connectivity index (χ3n) is 4.86. The summed E-state index contributed by atoms with van der Waals surface area (Å²) >= 11 is 0. The minimum atomic E-state index is -3.70. The molecule has 9 nitrogen and oxygen atoms in total. The van der Waals surface area contributed by atoms with Crippen LogP contribution < -0.4 is 19.5 Å². The van der Waals surface area contributed by atoms with Gasteiger partial charge in [-0.25, -0.2) is 8.42 Å². The maximum atomic E-state index is 12.9. The summed E-state index contributed by atoms with van der Waals surface area (Å²) in [6, 6.07) is 9.71. The molecule has 2 aromatic carbocycles. The number of benzene rings is 2. The van der Waals surface area contributed by atoms with E-state index in [4.69, 9.17) is 18.9 Å². The fraction of sp³-hybridized carbons (Fsp3) is 0.286. The number of fused-ring (bicyclic) bond motifs is 1. The van der Waals surface area contributed by atoms with Crippen molar-refractivity contribution in [1.29, 1.82) is 0 Å². The molecule has 0 unspecified atom stereocenters. The number of ether oxygens (including phenoxy) is 4. The van der Waals surface area contributed by atoms with Crippen LogP contribution in [0, 0.1) is 0 Å². The van der Waals surface area contributed by atoms with E-state index in [1.165, 1.54) is 35.7 Å². The summed E-state index contributed by atoms with van der Waals surface area (Å²) < 4.78 is 48.3. The van der Waals surface area contributed by atoms with Gasteiger partial charge in [-0.2, -0.15) is 4.31 Å². The van der Waals surface area contributed by atoms with E-state index in [1.807, 2.05) is 0 Å². The zero-order valence-electron chi connectivity index (χ0n) is 16.9. The van der Waals surface area contributed by atoms with Crippen LogP contribution in [0.4, 0.5) is 5.69 Å². The van der Waals surface area contributed by atoms with Gasteiger partial charge in [0.1, 0.15) is 5.75 Å². The van der Waals surface area contributed by atoms with Gasteiger partial charge in [-0.1, -0.05) is 6.07 Å². The highest BCUT2D eigenvalue weighted by atomic mass is 32.2. The molecule has 164 valence electrons. The van der Waals surface area contributed by atoms with Crippen LogP contribution in [-0.2, 0) is 19.6 Å². The molecule has 2 heterocycles. The summed E-state index contributed by atoms with van der Waals surface area (Å²) in [7, 11) is -2.26. The molecule has 0 saturated carbocycles. The Labute approximate surface area is 180 Å². The predicted molar refractivity (Wildman–Crippen MR) is 113 cm³/mol. The van der Waals surface area contributed by atoms with Gasteiger partial charge >= 0.3 is 0 Å². The Morgan fingerprint density at radius 2 is 1.87 bits per heavy atom. The van der Waals surface area contributed by atoms with E-state index < -0.39 is 15.9 Å². The molecule has 31 heavy (non-hydrogen) atoms. The van der Waals surface area contributed by atoms with Crippen LogP contribution in [0.25, 0.3) is 6.08 Å². The van der Waals surface area contributed by atoms with Crippen molar-refractivity contribution < 1.29 is 32.2 Å². The smallest absolute Gasteiger partial charge is 0.248 e. The van der Waals surface area contributed by atoms with Gasteiger partial charge in [0, 0.05) is 19.2 Å². The summed E-state index contributed by atoms with van der Waals surface area (Å²) in [6.45, 7) is 1.45. The van der Waals surface area contributed by atoms with E-state index in [9.17, 15) is 13.2 Å². The van der Waals surface area contributed by atoms with Crippen molar-refractivity contribution in [2.45, 2.75) is 4.90 Å². The molecule has 1 saturated heterocycles. The SMILES string of the molecule is COc1ccc(S(=O)(=O)N2CCOCC2)cc1NC(=O)/C=C/c1ccc2c(c1)OCO2. The molecular formula is C21H22N2O7S. The lowest BCUT2D eigenvalue weighted by atomic mass is 10.2. The Balaban J connectivity index is 1.51. The maximum Gasteiger partial charge on any atom is 0.248 e. The number of carbonyl (C=O) groups excluding carboxylic acids is 1. The fourth-order valence-corrected chi connectivity index (χ4v) is 4.68. The number of hydrogen-bond donors (Lipinski definition) is 1. The van der Waals surface area contributed by atoms with E-state index >= 15 is 0 Å². The molecule has 0 radical (unpaired) electrons. The molecule has 0 spiro atoms. The zero-order valence-corrected chi connectivity index (χ0v) is 17.7. The Morgan fingerprint density at radius 3 is 2.65 bits per heavy atom. The van der Waals surface area contributed by atoms with Gasteiger partial charge in [0.25, 0.3) is 0 Å². The number of anilines is 1. The first-order valence-corrected chi connectivity index (χ1v) is 11.1. The van der Waals surface area contributed by atoms with Crippen LogP contribution in [0.15, 0.2) is 47.4 Å². The summed E-state index contributed by atoms with van der Waals surface area (Å²) in [5, 5.41) is 2.69. The fourth-order valence-electron chi connectivity index (χ4n) is 3.24. The number of rotatable bonds is 6. The van der Waals surface area contributed by atoms with Gasteiger partial charge in [-0.15, -0.1) is 0 Å².